The zero-order chi connectivity index (χ0) is 65.0. The van der Waals surface area contributed by atoms with Crippen molar-refractivity contribution in [2.24, 2.45) is 0 Å². The highest BCUT2D eigenvalue weighted by molar-refractivity contribution is 5.80. The molecule has 0 fully saturated rings. The molecule has 89 heavy (non-hydrogen) atoms. The predicted octanol–water partition coefficient (Wildman–Crippen LogP) is 24.8. The van der Waals surface area contributed by atoms with Gasteiger partial charge in [0, 0.05) is 38.5 Å². The molecule has 0 spiro atoms. The number of ketones is 1. The number of hydrogen-bond donors (Lipinski definition) is 1. The van der Waals surface area contributed by atoms with Crippen molar-refractivity contribution >= 4 is 29.7 Å². The largest absolute Gasteiger partial charge is 0.462 e. The average molecular weight is 1260 g/mol. The van der Waals surface area contributed by atoms with E-state index in [4.69, 9.17) is 18.9 Å². The molecule has 0 aromatic rings. The maximum Gasteiger partial charge on any atom is 0.306 e. The monoisotopic (exact) mass is 1260 g/mol. The van der Waals surface area contributed by atoms with Crippen LogP contribution in [0.4, 0.5) is 0 Å². The maximum absolute atomic E-state index is 12.6. The zero-order valence-electron chi connectivity index (χ0n) is 59.9. The van der Waals surface area contributed by atoms with Crippen molar-refractivity contribution < 1.29 is 48.0 Å². The zero-order valence-corrected chi connectivity index (χ0v) is 59.9. The van der Waals surface area contributed by atoms with Crippen molar-refractivity contribution in [3.8, 4) is 0 Å². The fraction of sp³-hybridized carbons (Fsp3) is 0.937. The van der Waals surface area contributed by atoms with Gasteiger partial charge in [0.25, 0.3) is 0 Å². The third-order valence-corrected chi connectivity index (χ3v) is 17.7. The van der Waals surface area contributed by atoms with Gasteiger partial charge in [0.05, 0.1) is 6.10 Å². The first-order valence-electron chi connectivity index (χ1n) is 38.9. The van der Waals surface area contributed by atoms with Crippen LogP contribution in [-0.4, -0.2) is 65.3 Å². The third kappa shape index (κ3) is 68.2. The molecule has 0 aliphatic carbocycles. The number of carbonyl (C=O) groups excluding carboxylic acids is 5. The van der Waals surface area contributed by atoms with Crippen molar-refractivity contribution in [2.45, 2.75) is 479 Å². The van der Waals surface area contributed by atoms with Crippen molar-refractivity contribution in [2.75, 3.05) is 0 Å². The van der Waals surface area contributed by atoms with E-state index in [1.54, 1.807) is 0 Å². The summed E-state index contributed by atoms with van der Waals surface area (Å²) < 4.78 is 23.6. The Morgan fingerprint density at radius 2 is 0.393 bits per heavy atom. The normalized spacial score (nSPS) is 11.4. The summed E-state index contributed by atoms with van der Waals surface area (Å²) in [7, 11) is 0. The minimum Gasteiger partial charge on any atom is -0.462 e. The van der Waals surface area contributed by atoms with Gasteiger partial charge in [-0.05, 0) is 141 Å². The van der Waals surface area contributed by atoms with Gasteiger partial charge >= 0.3 is 23.9 Å². The first kappa shape index (κ1) is 90.7. The van der Waals surface area contributed by atoms with Crippen molar-refractivity contribution in [1.82, 2.24) is 0 Å². The highest BCUT2D eigenvalue weighted by atomic mass is 16.6. The first-order valence-corrected chi connectivity index (χ1v) is 38.9. The smallest absolute Gasteiger partial charge is 0.306 e. The number of hydrogen-bond acceptors (Lipinski definition) is 10. The van der Waals surface area contributed by atoms with E-state index >= 15 is 0 Å². The molecule has 0 aliphatic rings. The van der Waals surface area contributed by atoms with Gasteiger partial charge in [-0.25, -0.2) is 0 Å². The molecule has 530 valence electrons. The second-order valence-corrected chi connectivity index (χ2v) is 26.8. The van der Waals surface area contributed by atoms with Crippen LogP contribution in [0.5, 0.6) is 0 Å². The Kier molecular flexibility index (Phi) is 74.3. The molecule has 0 amide bonds. The lowest BCUT2D eigenvalue weighted by molar-refractivity contribution is -0.151. The van der Waals surface area contributed by atoms with Gasteiger partial charge in [-0.3, -0.25) is 24.0 Å². The van der Waals surface area contributed by atoms with Gasteiger partial charge in [0.1, 0.15) is 30.2 Å². The van der Waals surface area contributed by atoms with Crippen molar-refractivity contribution in [3.63, 3.8) is 0 Å². The molecule has 0 radical (unpaired) electrons. The molecule has 0 unspecified atom stereocenters. The minimum atomic E-state index is -0.489. The molecule has 0 saturated heterocycles. The standard InChI is InChI=1S/C39H76O5.C39H74O5.CH4/c2*1-5-9-13-17-21-29-36(30-22-18-14-10-6-2)43-38(41)33-25-27-35(40)28-26-34-39(42)44-37(31-23-19-15-11-7-3)32-24-20-16-12-8-4;/h35-37,40H,5-34H2,1-4H3;36-37H,5-34H2,1-4H3;1H4. The summed E-state index contributed by atoms with van der Waals surface area (Å²) >= 11 is 0. The number of ether oxygens (including phenoxy) is 4. The van der Waals surface area contributed by atoms with E-state index in [0.29, 0.717) is 77.0 Å². The molecule has 0 bridgehead atoms. The highest BCUT2D eigenvalue weighted by Crippen LogP contribution is 2.23. The van der Waals surface area contributed by atoms with E-state index in [2.05, 4.69) is 55.4 Å². The Hall–Kier alpha value is -2.49. The molecule has 0 aromatic carbocycles. The molecular weight excluding hydrogens is 1110 g/mol. The topological polar surface area (TPSA) is 142 Å². The predicted molar refractivity (Wildman–Crippen MR) is 380 cm³/mol. The number of unbranched alkanes of at least 4 members (excludes halogenated alkanes) is 32. The van der Waals surface area contributed by atoms with Gasteiger partial charge in [0.15, 0.2) is 0 Å². The average Bonchev–Trinajstić information content (AvgIpc) is 3.54. The summed E-state index contributed by atoms with van der Waals surface area (Å²) in [5, 5.41) is 10.5. The Balaban J connectivity index is -0.00000164. The maximum atomic E-state index is 12.6. The molecule has 10 nitrogen and oxygen atoms in total. The van der Waals surface area contributed by atoms with Crippen LogP contribution in [0.15, 0.2) is 0 Å². The quantitative estimate of drug-likeness (QED) is 0.0355. The number of Topliss-reactive ketones (excluding diaryl/α,β-unsaturated/α-hetero) is 1. The number of esters is 4. The van der Waals surface area contributed by atoms with Gasteiger partial charge in [-0.15, -0.1) is 0 Å². The van der Waals surface area contributed by atoms with Crippen LogP contribution in [0, 0.1) is 0 Å². The van der Waals surface area contributed by atoms with Crippen LogP contribution in [0.25, 0.3) is 0 Å². The lowest BCUT2D eigenvalue weighted by Crippen LogP contribution is -2.19. The Morgan fingerprint density at radius 3 is 0.573 bits per heavy atom. The molecule has 0 saturated carbocycles. The molecule has 0 aliphatic heterocycles. The van der Waals surface area contributed by atoms with Gasteiger partial charge in [-0.2, -0.15) is 0 Å². The van der Waals surface area contributed by atoms with E-state index in [9.17, 15) is 29.1 Å². The lowest BCUT2D eigenvalue weighted by atomic mass is 10.0. The van der Waals surface area contributed by atoms with E-state index in [1.807, 2.05) is 0 Å². The van der Waals surface area contributed by atoms with E-state index in [1.165, 1.54) is 205 Å². The van der Waals surface area contributed by atoms with E-state index in [0.717, 1.165) is 103 Å². The molecule has 0 aromatic heterocycles. The highest BCUT2D eigenvalue weighted by Gasteiger charge is 2.20. The van der Waals surface area contributed by atoms with Crippen LogP contribution < -0.4 is 0 Å². The van der Waals surface area contributed by atoms with Crippen molar-refractivity contribution in [3.05, 3.63) is 0 Å². The van der Waals surface area contributed by atoms with Crippen molar-refractivity contribution in [1.29, 1.82) is 0 Å². The molecule has 0 rings (SSSR count). The molecule has 0 heterocycles. The summed E-state index contributed by atoms with van der Waals surface area (Å²) in [6, 6.07) is 0. The Bertz CT molecular complexity index is 1340. The Morgan fingerprint density at radius 1 is 0.225 bits per heavy atom. The summed E-state index contributed by atoms with van der Waals surface area (Å²) in [4.78, 5) is 62.8. The van der Waals surface area contributed by atoms with E-state index < -0.39 is 6.10 Å². The second kappa shape index (κ2) is 72.9. The minimum absolute atomic E-state index is 0. The summed E-state index contributed by atoms with van der Waals surface area (Å²) in [5.41, 5.74) is 0. The molecular formula is C79H154O10. The SMILES string of the molecule is C.CCCCCCCC(CCCCCCC)OC(=O)CCCC(=O)CCCC(=O)OC(CCCCCCC)CCCCCCC.CCCCCCCC(CCCCCCC)OC(=O)CCCC(O)CCCC(=O)OC(CCCCCCC)CCCCCCC. The van der Waals surface area contributed by atoms with E-state index in [-0.39, 0.29) is 61.5 Å². The lowest BCUT2D eigenvalue weighted by Gasteiger charge is -2.19. The Labute approximate surface area is 553 Å². The van der Waals surface area contributed by atoms with Crippen LogP contribution in [-0.2, 0) is 42.9 Å². The molecule has 10 heteroatoms. The van der Waals surface area contributed by atoms with Crippen LogP contribution in [0.2, 0.25) is 0 Å². The van der Waals surface area contributed by atoms with Gasteiger partial charge in [-0.1, -0.05) is 268 Å². The second-order valence-electron chi connectivity index (χ2n) is 26.8. The number of rotatable bonds is 68. The summed E-state index contributed by atoms with van der Waals surface area (Å²) in [5.74, 6) is -0.447. The summed E-state index contributed by atoms with van der Waals surface area (Å²) in [6.45, 7) is 17.8. The summed E-state index contributed by atoms with van der Waals surface area (Å²) in [6.07, 6.45) is 61.8. The number of carbonyl (C=O) groups is 5. The van der Waals surface area contributed by atoms with Gasteiger partial charge < -0.3 is 24.1 Å². The first-order chi connectivity index (χ1) is 42.9. The fourth-order valence-corrected chi connectivity index (χ4v) is 11.9. The number of aliphatic hydroxyl groups excluding tert-OH is 1. The van der Waals surface area contributed by atoms with Gasteiger partial charge in [0.2, 0.25) is 0 Å². The van der Waals surface area contributed by atoms with Crippen LogP contribution >= 0.6 is 0 Å². The third-order valence-electron chi connectivity index (χ3n) is 17.7. The van der Waals surface area contributed by atoms with Crippen LogP contribution in [0.3, 0.4) is 0 Å². The molecule has 0 atom stereocenters. The molecule has 1 N–H and O–H groups in total. The van der Waals surface area contributed by atoms with Crippen LogP contribution in [0.1, 0.15) is 448 Å². The number of aliphatic hydroxyl groups is 1. The fourth-order valence-electron chi connectivity index (χ4n) is 11.9.